The van der Waals surface area contributed by atoms with E-state index < -0.39 is 13.1 Å². The molecule has 1 aliphatic heterocycles. The first-order chi connectivity index (χ1) is 7.02. The summed E-state index contributed by atoms with van der Waals surface area (Å²) in [6.07, 6.45) is -0.184. The summed E-state index contributed by atoms with van der Waals surface area (Å²) in [5, 5.41) is 18.6. The molecule has 1 aliphatic rings. The van der Waals surface area contributed by atoms with Gasteiger partial charge in [-0.25, -0.2) is 4.79 Å². The summed E-state index contributed by atoms with van der Waals surface area (Å²) in [7, 11) is -1.01. The van der Waals surface area contributed by atoms with Crippen LogP contribution in [0.2, 0.25) is 0 Å². The molecule has 2 N–H and O–H groups in total. The fourth-order valence-electron chi connectivity index (χ4n) is 2.00. The molecule has 0 radical (unpaired) electrons. The maximum absolute atomic E-state index is 10.9. The molecule has 0 aliphatic carbocycles. The van der Waals surface area contributed by atoms with Crippen LogP contribution in [0.3, 0.4) is 0 Å². The molecular formula is C10H11BO4. The van der Waals surface area contributed by atoms with Crippen molar-refractivity contribution in [2.45, 2.75) is 20.0 Å². The minimum Gasteiger partial charge on any atom is -0.478 e. The van der Waals surface area contributed by atoms with Crippen LogP contribution in [-0.4, -0.2) is 23.2 Å². The molecule has 0 saturated carbocycles. The number of carbonyl (C=O) groups is 1. The quantitative estimate of drug-likeness (QED) is 0.655. The Morgan fingerprint density at radius 1 is 1.53 bits per heavy atom. The zero-order chi connectivity index (χ0) is 11.2. The number of carboxylic acids is 1. The fraction of sp³-hybridized carbons (Fsp3) is 0.300. The Kier molecular flexibility index (Phi) is 2.29. The lowest BCUT2D eigenvalue weighted by Gasteiger charge is -2.07. The highest BCUT2D eigenvalue weighted by Crippen LogP contribution is 2.25. The number of hydrogen-bond donors (Lipinski definition) is 2. The van der Waals surface area contributed by atoms with Gasteiger partial charge in [0.15, 0.2) is 0 Å². The summed E-state index contributed by atoms with van der Waals surface area (Å²) in [6, 6.07) is 3.25. The SMILES string of the molecule is Cc1c(C(=O)O)ccc2c1B(O)OC2C. The lowest BCUT2D eigenvalue weighted by Crippen LogP contribution is -2.31. The topological polar surface area (TPSA) is 66.8 Å². The van der Waals surface area contributed by atoms with E-state index in [2.05, 4.69) is 0 Å². The van der Waals surface area contributed by atoms with E-state index in [-0.39, 0.29) is 11.7 Å². The van der Waals surface area contributed by atoms with Gasteiger partial charge in [0.1, 0.15) is 0 Å². The molecule has 4 nitrogen and oxygen atoms in total. The number of aromatic carboxylic acids is 1. The van der Waals surface area contributed by atoms with Crippen LogP contribution >= 0.6 is 0 Å². The Labute approximate surface area is 87.6 Å². The van der Waals surface area contributed by atoms with E-state index in [0.717, 1.165) is 5.56 Å². The molecule has 1 heterocycles. The lowest BCUT2D eigenvalue weighted by atomic mass is 9.75. The van der Waals surface area contributed by atoms with Crippen molar-refractivity contribution in [1.82, 2.24) is 0 Å². The van der Waals surface area contributed by atoms with Crippen molar-refractivity contribution in [3.05, 3.63) is 28.8 Å². The van der Waals surface area contributed by atoms with Crippen LogP contribution < -0.4 is 5.46 Å². The summed E-state index contributed by atoms with van der Waals surface area (Å²) in [6.45, 7) is 3.52. The van der Waals surface area contributed by atoms with Crippen LogP contribution in [0.15, 0.2) is 12.1 Å². The van der Waals surface area contributed by atoms with Crippen LogP contribution in [0, 0.1) is 6.92 Å². The summed E-state index contributed by atoms with van der Waals surface area (Å²) in [5.41, 5.74) is 2.26. The monoisotopic (exact) mass is 206 g/mol. The Balaban J connectivity index is 2.63. The summed E-state index contributed by atoms with van der Waals surface area (Å²) in [4.78, 5) is 10.9. The van der Waals surface area contributed by atoms with Gasteiger partial charge in [-0.05, 0) is 36.5 Å². The van der Waals surface area contributed by atoms with E-state index >= 15 is 0 Å². The zero-order valence-electron chi connectivity index (χ0n) is 8.52. The van der Waals surface area contributed by atoms with Crippen LogP contribution in [0.5, 0.6) is 0 Å². The third kappa shape index (κ3) is 1.44. The number of hydrogen-bond acceptors (Lipinski definition) is 3. The normalized spacial score (nSPS) is 19.1. The van der Waals surface area contributed by atoms with Crippen molar-refractivity contribution in [3.8, 4) is 0 Å². The molecule has 5 heteroatoms. The van der Waals surface area contributed by atoms with Crippen molar-refractivity contribution in [3.63, 3.8) is 0 Å². The third-order valence-electron chi connectivity index (χ3n) is 2.80. The fourth-order valence-corrected chi connectivity index (χ4v) is 2.00. The van der Waals surface area contributed by atoms with E-state index in [0.29, 0.717) is 11.0 Å². The van der Waals surface area contributed by atoms with Crippen molar-refractivity contribution in [2.75, 3.05) is 0 Å². The van der Waals surface area contributed by atoms with Gasteiger partial charge >= 0.3 is 13.1 Å². The van der Waals surface area contributed by atoms with E-state index in [9.17, 15) is 9.82 Å². The molecule has 1 atom stereocenters. The first kappa shape index (κ1) is 10.2. The van der Waals surface area contributed by atoms with Gasteiger partial charge in [0.2, 0.25) is 0 Å². The Morgan fingerprint density at radius 2 is 2.20 bits per heavy atom. The van der Waals surface area contributed by atoms with Gasteiger partial charge in [0.25, 0.3) is 0 Å². The van der Waals surface area contributed by atoms with E-state index in [4.69, 9.17) is 9.76 Å². The summed E-state index contributed by atoms with van der Waals surface area (Å²) < 4.78 is 5.21. The summed E-state index contributed by atoms with van der Waals surface area (Å²) in [5.74, 6) is -0.984. The molecule has 78 valence electrons. The van der Waals surface area contributed by atoms with Gasteiger partial charge in [-0.3, -0.25) is 0 Å². The molecule has 0 aromatic heterocycles. The van der Waals surface area contributed by atoms with Crippen molar-refractivity contribution in [1.29, 1.82) is 0 Å². The number of rotatable bonds is 1. The van der Waals surface area contributed by atoms with Gasteiger partial charge in [-0.1, -0.05) is 6.07 Å². The highest BCUT2D eigenvalue weighted by Gasteiger charge is 2.35. The van der Waals surface area contributed by atoms with Crippen LogP contribution in [0.1, 0.15) is 34.5 Å². The molecule has 1 unspecified atom stereocenters. The molecule has 2 rings (SSSR count). The maximum atomic E-state index is 10.9. The standard InChI is InChI=1S/C10H11BO4/c1-5-7(10(12)13)3-4-8-6(2)15-11(14)9(5)8/h3-4,6,14H,1-2H3,(H,12,13). The molecule has 1 aromatic carbocycles. The molecule has 0 fully saturated rings. The van der Waals surface area contributed by atoms with E-state index in [1.54, 1.807) is 19.1 Å². The lowest BCUT2D eigenvalue weighted by molar-refractivity contribution is 0.0696. The van der Waals surface area contributed by atoms with Gasteiger partial charge in [0.05, 0.1) is 11.7 Å². The predicted molar refractivity (Wildman–Crippen MR) is 55.2 cm³/mol. The maximum Gasteiger partial charge on any atom is 0.492 e. The molecule has 0 spiro atoms. The zero-order valence-corrected chi connectivity index (χ0v) is 8.52. The molecule has 15 heavy (non-hydrogen) atoms. The molecular weight excluding hydrogens is 195 g/mol. The molecule has 0 saturated heterocycles. The van der Waals surface area contributed by atoms with Gasteiger partial charge in [0, 0.05) is 0 Å². The number of carboxylic acid groups (broad SMARTS) is 1. The average molecular weight is 206 g/mol. The smallest absolute Gasteiger partial charge is 0.478 e. The van der Waals surface area contributed by atoms with Crippen LogP contribution in [0.4, 0.5) is 0 Å². The second kappa shape index (κ2) is 3.36. The number of fused-ring (bicyclic) bond motifs is 1. The van der Waals surface area contributed by atoms with Crippen molar-refractivity contribution in [2.24, 2.45) is 0 Å². The Hall–Kier alpha value is -1.33. The average Bonchev–Trinajstić information content (AvgIpc) is 2.43. The minimum atomic E-state index is -1.01. The first-order valence-electron chi connectivity index (χ1n) is 4.72. The highest BCUT2D eigenvalue weighted by molar-refractivity contribution is 6.62. The Bertz CT molecular complexity index is 430. The van der Waals surface area contributed by atoms with Gasteiger partial charge < -0.3 is 14.8 Å². The molecule has 0 bridgehead atoms. The predicted octanol–water partition coefficient (Wildman–Crippen LogP) is 0.472. The van der Waals surface area contributed by atoms with E-state index in [1.807, 2.05) is 6.92 Å². The number of benzene rings is 1. The van der Waals surface area contributed by atoms with E-state index in [1.165, 1.54) is 0 Å². The first-order valence-corrected chi connectivity index (χ1v) is 4.72. The Morgan fingerprint density at radius 3 is 2.80 bits per heavy atom. The highest BCUT2D eigenvalue weighted by atomic mass is 16.5. The third-order valence-corrected chi connectivity index (χ3v) is 2.80. The van der Waals surface area contributed by atoms with Crippen molar-refractivity contribution < 1.29 is 19.6 Å². The summed E-state index contributed by atoms with van der Waals surface area (Å²) >= 11 is 0. The molecule has 1 aromatic rings. The van der Waals surface area contributed by atoms with Crippen LogP contribution in [-0.2, 0) is 4.65 Å². The van der Waals surface area contributed by atoms with Gasteiger partial charge in [-0.2, -0.15) is 0 Å². The van der Waals surface area contributed by atoms with Gasteiger partial charge in [-0.15, -0.1) is 0 Å². The second-order valence-corrected chi connectivity index (χ2v) is 3.68. The largest absolute Gasteiger partial charge is 0.492 e. The van der Waals surface area contributed by atoms with Crippen molar-refractivity contribution >= 4 is 18.6 Å². The molecule has 0 amide bonds. The van der Waals surface area contributed by atoms with Crippen LogP contribution in [0.25, 0.3) is 0 Å². The second-order valence-electron chi connectivity index (χ2n) is 3.68. The minimum absolute atomic E-state index is 0.184.